The zero-order chi connectivity index (χ0) is 14.0. The lowest BCUT2D eigenvalue weighted by atomic mass is 9.91. The largest absolute Gasteiger partial charge is 0.372 e. The van der Waals surface area contributed by atoms with Gasteiger partial charge in [0.25, 0.3) is 0 Å². The third-order valence-electron chi connectivity index (χ3n) is 5.07. The number of nitrogens with zero attached hydrogens (tertiary/aromatic N) is 2. The molecule has 3 atom stereocenters. The fourth-order valence-electron chi connectivity index (χ4n) is 3.62. The second-order valence-electron chi connectivity index (χ2n) is 6.79. The second-order valence-corrected chi connectivity index (χ2v) is 6.79. The second kappa shape index (κ2) is 6.01. The molecule has 4 heteroatoms. The summed E-state index contributed by atoms with van der Waals surface area (Å²) < 4.78 is 5.87. The molecule has 3 unspecified atom stereocenters. The highest BCUT2D eigenvalue weighted by Gasteiger charge is 2.36. The van der Waals surface area contributed by atoms with Crippen LogP contribution in [0.3, 0.4) is 0 Å². The normalized spacial score (nSPS) is 32.8. The first kappa shape index (κ1) is 14.3. The number of hydrogen-bond acceptors (Lipinski definition) is 4. The third kappa shape index (κ3) is 3.33. The summed E-state index contributed by atoms with van der Waals surface area (Å²) in [6.45, 7) is 5.44. The molecule has 112 valence electrons. The molecular weight excluding hydrogens is 250 g/mol. The van der Waals surface area contributed by atoms with Crippen molar-refractivity contribution in [1.82, 2.24) is 10.2 Å². The smallest absolute Gasteiger partial charge is 0.106 e. The number of fused-ring (bicyclic) bond motifs is 2. The maximum Gasteiger partial charge on any atom is 0.106 e. The number of morpholine rings is 1. The van der Waals surface area contributed by atoms with Crippen molar-refractivity contribution in [3.63, 3.8) is 0 Å². The molecule has 4 nitrogen and oxygen atoms in total. The van der Waals surface area contributed by atoms with Crippen LogP contribution in [0.15, 0.2) is 0 Å². The van der Waals surface area contributed by atoms with E-state index in [4.69, 9.17) is 4.74 Å². The summed E-state index contributed by atoms with van der Waals surface area (Å²) in [5.41, 5.74) is -0.285. The van der Waals surface area contributed by atoms with Crippen LogP contribution in [0, 0.1) is 11.3 Å². The zero-order valence-electron chi connectivity index (χ0n) is 12.6. The molecule has 3 aliphatic rings. The van der Waals surface area contributed by atoms with E-state index in [1.54, 1.807) is 0 Å². The Morgan fingerprint density at radius 1 is 1.25 bits per heavy atom. The van der Waals surface area contributed by atoms with Crippen LogP contribution in [0.25, 0.3) is 0 Å². The maximum atomic E-state index is 9.54. The highest BCUT2D eigenvalue weighted by Crippen LogP contribution is 2.28. The number of rotatable bonds is 7. The van der Waals surface area contributed by atoms with Gasteiger partial charge in [0.05, 0.1) is 18.3 Å². The molecule has 1 N–H and O–H groups in total. The van der Waals surface area contributed by atoms with E-state index in [1.165, 1.54) is 25.7 Å². The number of nitriles is 1. The number of likely N-dealkylation sites (tertiary alicyclic amines) is 1. The van der Waals surface area contributed by atoms with Gasteiger partial charge in [0, 0.05) is 19.1 Å². The molecule has 2 aliphatic heterocycles. The summed E-state index contributed by atoms with van der Waals surface area (Å²) in [6.07, 6.45) is 8.92. The van der Waals surface area contributed by atoms with Crippen LogP contribution in [0.2, 0.25) is 0 Å². The van der Waals surface area contributed by atoms with E-state index in [2.05, 4.69) is 23.2 Å². The van der Waals surface area contributed by atoms with E-state index < -0.39 is 0 Å². The van der Waals surface area contributed by atoms with E-state index in [1.807, 2.05) is 0 Å². The minimum atomic E-state index is -0.285. The van der Waals surface area contributed by atoms with Crippen molar-refractivity contribution in [2.75, 3.05) is 19.6 Å². The summed E-state index contributed by atoms with van der Waals surface area (Å²) in [5, 5.41) is 13.1. The first-order chi connectivity index (χ1) is 9.73. The molecular formula is C16H27N3O. The predicted octanol–water partition coefficient (Wildman–Crippen LogP) is 2.05. The van der Waals surface area contributed by atoms with Crippen molar-refractivity contribution in [3.05, 3.63) is 0 Å². The highest BCUT2D eigenvalue weighted by molar-refractivity contribution is 5.09. The van der Waals surface area contributed by atoms with Crippen molar-refractivity contribution in [1.29, 1.82) is 5.26 Å². The topological polar surface area (TPSA) is 48.3 Å². The molecule has 0 aromatic carbocycles. The van der Waals surface area contributed by atoms with Gasteiger partial charge < -0.3 is 4.74 Å². The van der Waals surface area contributed by atoms with Crippen LogP contribution < -0.4 is 5.32 Å². The third-order valence-corrected chi connectivity index (χ3v) is 5.07. The number of hydrogen-bond donors (Lipinski definition) is 1. The number of nitrogens with one attached hydrogen (secondary N) is 1. The van der Waals surface area contributed by atoms with E-state index in [0.29, 0.717) is 18.2 Å². The van der Waals surface area contributed by atoms with Crippen molar-refractivity contribution in [3.8, 4) is 6.07 Å². The monoisotopic (exact) mass is 277 g/mol. The van der Waals surface area contributed by atoms with Gasteiger partial charge in [-0.1, -0.05) is 6.92 Å². The van der Waals surface area contributed by atoms with E-state index in [-0.39, 0.29) is 5.54 Å². The Hall–Kier alpha value is -0.630. The molecule has 3 fully saturated rings. The molecule has 3 rings (SSSR count). The Morgan fingerprint density at radius 3 is 2.50 bits per heavy atom. The molecule has 1 saturated carbocycles. The molecule has 0 amide bonds. The van der Waals surface area contributed by atoms with Crippen molar-refractivity contribution < 1.29 is 4.74 Å². The van der Waals surface area contributed by atoms with Gasteiger partial charge >= 0.3 is 0 Å². The van der Waals surface area contributed by atoms with Gasteiger partial charge in [0.15, 0.2) is 0 Å². The lowest BCUT2D eigenvalue weighted by molar-refractivity contribution is -0.0388. The molecule has 2 heterocycles. The Bertz CT molecular complexity index is 364. The molecule has 2 saturated heterocycles. The van der Waals surface area contributed by atoms with Gasteiger partial charge in [-0.3, -0.25) is 10.2 Å². The van der Waals surface area contributed by atoms with Crippen LogP contribution in [0.1, 0.15) is 51.9 Å². The van der Waals surface area contributed by atoms with Crippen molar-refractivity contribution >= 4 is 0 Å². The molecule has 0 spiro atoms. The van der Waals surface area contributed by atoms with Crippen LogP contribution in [-0.2, 0) is 4.74 Å². The summed E-state index contributed by atoms with van der Waals surface area (Å²) >= 11 is 0. The first-order valence-electron chi connectivity index (χ1n) is 8.30. The van der Waals surface area contributed by atoms with Gasteiger partial charge in [0.1, 0.15) is 5.54 Å². The number of ether oxygens (including phenoxy) is 1. The van der Waals surface area contributed by atoms with Crippen molar-refractivity contribution in [2.24, 2.45) is 0 Å². The Balaban J connectivity index is 1.44. The van der Waals surface area contributed by atoms with Gasteiger partial charge in [-0.2, -0.15) is 5.26 Å². The molecule has 0 aromatic rings. The van der Waals surface area contributed by atoms with Crippen LogP contribution in [0.5, 0.6) is 0 Å². The maximum absolute atomic E-state index is 9.54. The van der Waals surface area contributed by atoms with Crippen molar-refractivity contribution in [2.45, 2.75) is 75.7 Å². The van der Waals surface area contributed by atoms with Gasteiger partial charge in [-0.25, -0.2) is 0 Å². The van der Waals surface area contributed by atoms with Crippen LogP contribution in [0.4, 0.5) is 0 Å². The standard InChI is InChI=1S/C16H27N3O/c1-2-16(12-17,18-13-4-5-13)8-3-9-19-10-14-6-7-15(11-19)20-14/h13-15,18H,2-11H2,1H3. The Morgan fingerprint density at radius 2 is 1.95 bits per heavy atom. The molecule has 1 aliphatic carbocycles. The van der Waals surface area contributed by atoms with Crippen LogP contribution >= 0.6 is 0 Å². The Labute approximate surface area is 122 Å². The van der Waals surface area contributed by atoms with E-state index in [0.717, 1.165) is 38.9 Å². The van der Waals surface area contributed by atoms with Crippen LogP contribution in [-0.4, -0.2) is 48.3 Å². The molecule has 0 aromatic heterocycles. The van der Waals surface area contributed by atoms with Gasteiger partial charge in [0.2, 0.25) is 0 Å². The molecule has 20 heavy (non-hydrogen) atoms. The quantitative estimate of drug-likeness (QED) is 0.774. The molecule has 0 radical (unpaired) electrons. The SMILES string of the molecule is CCC(C#N)(CCCN1CC2CCC(C1)O2)NC1CC1. The predicted molar refractivity (Wildman–Crippen MR) is 78.4 cm³/mol. The summed E-state index contributed by atoms with van der Waals surface area (Å²) in [6, 6.07) is 3.16. The lowest BCUT2D eigenvalue weighted by Crippen LogP contribution is -2.46. The van der Waals surface area contributed by atoms with Gasteiger partial charge in [-0.05, 0) is 51.5 Å². The average Bonchev–Trinajstić information content (AvgIpc) is 3.21. The minimum Gasteiger partial charge on any atom is -0.372 e. The fraction of sp³-hybridized carbons (Fsp3) is 0.938. The zero-order valence-corrected chi connectivity index (χ0v) is 12.6. The Kier molecular flexibility index (Phi) is 4.30. The summed E-state index contributed by atoms with van der Waals surface area (Å²) in [5.74, 6) is 0. The molecule has 2 bridgehead atoms. The summed E-state index contributed by atoms with van der Waals surface area (Å²) in [4.78, 5) is 2.54. The highest BCUT2D eigenvalue weighted by atomic mass is 16.5. The summed E-state index contributed by atoms with van der Waals surface area (Å²) in [7, 11) is 0. The first-order valence-corrected chi connectivity index (χ1v) is 8.30. The van der Waals surface area contributed by atoms with E-state index in [9.17, 15) is 5.26 Å². The van der Waals surface area contributed by atoms with Gasteiger partial charge in [-0.15, -0.1) is 0 Å². The fourth-order valence-corrected chi connectivity index (χ4v) is 3.62. The lowest BCUT2D eigenvalue weighted by Gasteiger charge is -2.33. The minimum absolute atomic E-state index is 0.285. The average molecular weight is 277 g/mol. The van der Waals surface area contributed by atoms with E-state index >= 15 is 0 Å².